The van der Waals surface area contributed by atoms with Crippen LogP contribution in [0, 0.1) is 11.6 Å². The highest BCUT2D eigenvalue weighted by molar-refractivity contribution is 7.89. The molecule has 0 amide bonds. The van der Waals surface area contributed by atoms with Gasteiger partial charge in [0.15, 0.2) is 0 Å². The number of hydrogen-bond acceptors (Lipinski definition) is 4. The zero-order valence-corrected chi connectivity index (χ0v) is 14.5. The molecule has 3 aromatic rings. The third kappa shape index (κ3) is 2.92. The molecule has 0 saturated heterocycles. The van der Waals surface area contributed by atoms with Gasteiger partial charge in [-0.1, -0.05) is 12.1 Å². The quantitative estimate of drug-likeness (QED) is 0.700. The van der Waals surface area contributed by atoms with Gasteiger partial charge in [-0.25, -0.2) is 22.2 Å². The zero-order valence-electron chi connectivity index (χ0n) is 12.9. The summed E-state index contributed by atoms with van der Waals surface area (Å²) in [7, 11) is -2.86. The Kier molecular flexibility index (Phi) is 4.37. The summed E-state index contributed by atoms with van der Waals surface area (Å²) in [5.74, 6) is -1.80. The number of para-hydroxylation sites is 1. The zero-order chi connectivity index (χ0) is 17.5. The summed E-state index contributed by atoms with van der Waals surface area (Å²) in [6.45, 7) is 1.66. The average Bonchev–Trinajstić information content (AvgIpc) is 2.99. The first-order valence-corrected chi connectivity index (χ1v) is 9.35. The first-order valence-electron chi connectivity index (χ1n) is 7.09. The van der Waals surface area contributed by atoms with Gasteiger partial charge in [0.1, 0.15) is 21.5 Å². The first-order chi connectivity index (χ1) is 11.3. The number of benzene rings is 2. The maximum atomic E-state index is 13.9. The number of thiazole rings is 1. The van der Waals surface area contributed by atoms with Crippen LogP contribution in [0.1, 0.15) is 18.0 Å². The molecule has 3 rings (SSSR count). The van der Waals surface area contributed by atoms with Crippen molar-refractivity contribution in [2.24, 2.45) is 0 Å². The minimum Gasteiger partial charge on any atom is -0.239 e. The second-order valence-corrected chi connectivity index (χ2v) is 8.32. The molecule has 126 valence electrons. The third-order valence-electron chi connectivity index (χ3n) is 3.76. The van der Waals surface area contributed by atoms with Crippen LogP contribution in [-0.2, 0) is 10.0 Å². The Labute approximate surface area is 142 Å². The van der Waals surface area contributed by atoms with Crippen LogP contribution in [0.5, 0.6) is 0 Å². The normalized spacial score (nSPS) is 13.5. The topological polar surface area (TPSA) is 50.3 Å². The molecule has 0 N–H and O–H groups in total. The highest BCUT2D eigenvalue weighted by Crippen LogP contribution is 2.32. The second kappa shape index (κ2) is 6.19. The molecule has 1 aromatic heterocycles. The molecule has 0 radical (unpaired) electrons. The molecule has 0 aliphatic heterocycles. The minimum absolute atomic E-state index is 0.582. The van der Waals surface area contributed by atoms with Crippen molar-refractivity contribution in [2.75, 3.05) is 7.05 Å². The maximum absolute atomic E-state index is 13.9. The van der Waals surface area contributed by atoms with E-state index in [9.17, 15) is 17.2 Å². The van der Waals surface area contributed by atoms with Gasteiger partial charge in [-0.15, -0.1) is 11.3 Å². The number of hydrogen-bond donors (Lipinski definition) is 0. The van der Waals surface area contributed by atoms with Crippen molar-refractivity contribution in [3.63, 3.8) is 0 Å². The molecule has 24 heavy (non-hydrogen) atoms. The SMILES string of the molecule is C[C@H](c1nc2ccccc2s1)N(C)S(=O)(=O)c1cc(F)ccc1F. The van der Waals surface area contributed by atoms with Crippen LogP contribution in [-0.4, -0.2) is 24.8 Å². The standard InChI is InChI=1S/C16H14F2N2O2S2/c1-10(16-19-13-5-3-4-6-14(13)23-16)20(2)24(21,22)15-9-11(17)7-8-12(15)18/h3-10H,1-2H3/t10-/m1/s1. The Bertz CT molecular complexity index is 969. The van der Waals surface area contributed by atoms with Crippen molar-refractivity contribution in [2.45, 2.75) is 17.9 Å². The molecule has 0 fully saturated rings. The van der Waals surface area contributed by atoms with Crippen LogP contribution in [0.3, 0.4) is 0 Å². The summed E-state index contributed by atoms with van der Waals surface area (Å²) < 4.78 is 54.4. The fourth-order valence-electron chi connectivity index (χ4n) is 2.26. The molecule has 0 aliphatic carbocycles. The number of nitrogens with zero attached hydrogens (tertiary/aromatic N) is 2. The van der Waals surface area contributed by atoms with Crippen LogP contribution >= 0.6 is 11.3 Å². The monoisotopic (exact) mass is 368 g/mol. The lowest BCUT2D eigenvalue weighted by atomic mass is 10.3. The Balaban J connectivity index is 2.00. The van der Waals surface area contributed by atoms with Crippen molar-refractivity contribution in [1.82, 2.24) is 9.29 Å². The van der Waals surface area contributed by atoms with Gasteiger partial charge in [0.2, 0.25) is 10.0 Å². The highest BCUT2D eigenvalue weighted by atomic mass is 32.2. The van der Waals surface area contributed by atoms with E-state index in [4.69, 9.17) is 0 Å². The van der Waals surface area contributed by atoms with E-state index in [1.54, 1.807) is 6.92 Å². The molecule has 0 saturated carbocycles. The summed E-state index contributed by atoms with van der Waals surface area (Å²) in [5, 5.41) is 0.582. The van der Waals surface area contributed by atoms with Crippen molar-refractivity contribution in [1.29, 1.82) is 0 Å². The van der Waals surface area contributed by atoms with Gasteiger partial charge in [-0.2, -0.15) is 4.31 Å². The number of fused-ring (bicyclic) bond motifs is 1. The molecule has 0 bridgehead atoms. The molecular formula is C16H14F2N2O2S2. The lowest BCUT2D eigenvalue weighted by Gasteiger charge is -2.22. The van der Waals surface area contributed by atoms with Gasteiger partial charge in [-0.3, -0.25) is 0 Å². The fourth-order valence-corrected chi connectivity index (χ4v) is 4.79. The largest absolute Gasteiger partial charge is 0.246 e. The van der Waals surface area contributed by atoms with E-state index >= 15 is 0 Å². The summed E-state index contributed by atoms with van der Waals surface area (Å²) >= 11 is 1.37. The number of sulfonamides is 1. The van der Waals surface area contributed by atoms with E-state index in [1.165, 1.54) is 18.4 Å². The van der Waals surface area contributed by atoms with Crippen molar-refractivity contribution < 1.29 is 17.2 Å². The predicted octanol–water partition coefficient (Wildman–Crippen LogP) is 3.96. The Morgan fingerprint density at radius 3 is 2.58 bits per heavy atom. The summed E-state index contributed by atoms with van der Waals surface area (Å²) in [6.07, 6.45) is 0. The van der Waals surface area contributed by atoms with Crippen LogP contribution in [0.25, 0.3) is 10.2 Å². The van der Waals surface area contributed by atoms with E-state index in [0.29, 0.717) is 11.1 Å². The Hall–Kier alpha value is -1.90. The molecule has 0 spiro atoms. The van der Waals surface area contributed by atoms with Crippen molar-refractivity contribution in [3.8, 4) is 0 Å². The lowest BCUT2D eigenvalue weighted by Crippen LogP contribution is -2.30. The third-order valence-corrected chi connectivity index (χ3v) is 6.91. The smallest absolute Gasteiger partial charge is 0.239 e. The molecule has 0 unspecified atom stereocenters. The van der Waals surface area contributed by atoms with Crippen molar-refractivity contribution >= 4 is 31.6 Å². The second-order valence-electron chi connectivity index (χ2n) is 5.29. The summed E-state index contributed by atoms with van der Waals surface area (Å²) in [5.41, 5.74) is 0.770. The minimum atomic E-state index is -4.19. The Morgan fingerprint density at radius 2 is 1.88 bits per heavy atom. The van der Waals surface area contributed by atoms with Gasteiger partial charge in [0.05, 0.1) is 16.3 Å². The molecule has 2 aromatic carbocycles. The van der Waals surface area contributed by atoms with E-state index in [1.807, 2.05) is 24.3 Å². The van der Waals surface area contributed by atoms with E-state index < -0.39 is 32.6 Å². The Morgan fingerprint density at radius 1 is 1.17 bits per heavy atom. The van der Waals surface area contributed by atoms with E-state index in [-0.39, 0.29) is 0 Å². The average molecular weight is 368 g/mol. The maximum Gasteiger partial charge on any atom is 0.246 e. The molecular weight excluding hydrogens is 354 g/mol. The van der Waals surface area contributed by atoms with Crippen LogP contribution in [0.4, 0.5) is 8.78 Å². The van der Waals surface area contributed by atoms with Gasteiger partial charge >= 0.3 is 0 Å². The highest BCUT2D eigenvalue weighted by Gasteiger charge is 2.30. The summed E-state index contributed by atoms with van der Waals surface area (Å²) in [6, 6.07) is 9.20. The van der Waals surface area contributed by atoms with Crippen molar-refractivity contribution in [3.05, 3.63) is 59.1 Å². The number of aromatic nitrogens is 1. The summed E-state index contributed by atoms with van der Waals surface area (Å²) in [4.78, 5) is 3.74. The molecule has 1 atom stereocenters. The van der Waals surface area contributed by atoms with Gasteiger partial charge in [0.25, 0.3) is 0 Å². The van der Waals surface area contributed by atoms with Crippen LogP contribution in [0.2, 0.25) is 0 Å². The molecule has 0 aliphatic rings. The first kappa shape index (κ1) is 16.9. The lowest BCUT2D eigenvalue weighted by molar-refractivity contribution is 0.394. The van der Waals surface area contributed by atoms with E-state index in [0.717, 1.165) is 26.7 Å². The van der Waals surface area contributed by atoms with Crippen LogP contribution in [0.15, 0.2) is 47.4 Å². The molecule has 1 heterocycles. The van der Waals surface area contributed by atoms with Gasteiger partial charge in [-0.05, 0) is 37.3 Å². The predicted molar refractivity (Wildman–Crippen MR) is 89.3 cm³/mol. The van der Waals surface area contributed by atoms with Crippen LogP contribution < -0.4 is 0 Å². The van der Waals surface area contributed by atoms with Gasteiger partial charge < -0.3 is 0 Å². The van der Waals surface area contributed by atoms with E-state index in [2.05, 4.69) is 4.98 Å². The molecule has 4 nitrogen and oxygen atoms in total. The molecule has 8 heteroatoms. The number of rotatable bonds is 4. The van der Waals surface area contributed by atoms with Gasteiger partial charge in [0, 0.05) is 7.05 Å². The number of halogens is 2. The fraction of sp³-hybridized carbons (Fsp3) is 0.188.